The molecule has 4 nitrogen and oxygen atoms in total. The van der Waals surface area contributed by atoms with E-state index in [0.717, 1.165) is 39.4 Å². The van der Waals surface area contributed by atoms with Gasteiger partial charge in [-0.25, -0.2) is 0 Å². The smallest absolute Gasteiger partial charge is 0.152 e. The zero-order valence-electron chi connectivity index (χ0n) is 18.7. The van der Waals surface area contributed by atoms with E-state index in [-0.39, 0.29) is 11.6 Å². The number of aromatic nitrogens is 1. The van der Waals surface area contributed by atoms with Crippen molar-refractivity contribution in [3.63, 3.8) is 0 Å². The van der Waals surface area contributed by atoms with Crippen LogP contribution in [0.1, 0.15) is 43.6 Å². The SMILES string of the molecule is COc1cccc2c1-c1ccc3c(c1C(c1c[nH]c4ccccc14)O2)C(C)=CC(C)(C)N3. The number of hydrogen-bond acceptors (Lipinski definition) is 3. The Hall–Kier alpha value is -3.66. The van der Waals surface area contributed by atoms with Crippen LogP contribution in [-0.4, -0.2) is 17.6 Å². The molecular weight excluding hydrogens is 396 g/mol. The Bertz CT molecular complexity index is 1410. The molecule has 0 amide bonds. The number of allylic oxidation sites excluding steroid dienone is 1. The van der Waals surface area contributed by atoms with Crippen LogP contribution in [0.15, 0.2) is 66.9 Å². The third-order valence-corrected chi connectivity index (χ3v) is 6.56. The van der Waals surface area contributed by atoms with Gasteiger partial charge in [-0.1, -0.05) is 36.4 Å². The van der Waals surface area contributed by atoms with Crippen LogP contribution >= 0.6 is 0 Å². The molecule has 0 spiro atoms. The minimum atomic E-state index is -0.234. The number of hydrogen-bond donors (Lipinski definition) is 2. The lowest BCUT2D eigenvalue weighted by atomic mass is 9.80. The van der Waals surface area contributed by atoms with Gasteiger partial charge in [0.2, 0.25) is 0 Å². The number of para-hydroxylation sites is 1. The van der Waals surface area contributed by atoms with E-state index in [9.17, 15) is 0 Å². The molecule has 0 saturated carbocycles. The summed E-state index contributed by atoms with van der Waals surface area (Å²) in [5.41, 5.74) is 9.12. The van der Waals surface area contributed by atoms with E-state index in [4.69, 9.17) is 9.47 Å². The average molecular weight is 423 g/mol. The molecule has 3 heterocycles. The highest BCUT2D eigenvalue weighted by molar-refractivity contribution is 5.93. The standard InChI is InChI=1S/C28H26N2O2/c1-16-14-28(2,3)30-21-13-12-18-25-22(31-4)10-7-11-23(25)32-27(26(18)24(16)21)19-15-29-20-9-6-5-8-17(19)20/h5-15,27,29-30H,1-4H3. The fourth-order valence-corrected chi connectivity index (χ4v) is 5.40. The van der Waals surface area contributed by atoms with Crippen molar-refractivity contribution < 1.29 is 9.47 Å². The number of fused-ring (bicyclic) bond motifs is 6. The van der Waals surface area contributed by atoms with Crippen LogP contribution in [0.5, 0.6) is 11.5 Å². The lowest BCUT2D eigenvalue weighted by Crippen LogP contribution is -2.32. The van der Waals surface area contributed by atoms with E-state index >= 15 is 0 Å². The lowest BCUT2D eigenvalue weighted by molar-refractivity contribution is 0.243. The van der Waals surface area contributed by atoms with Gasteiger partial charge in [0.25, 0.3) is 0 Å². The number of nitrogens with one attached hydrogen (secondary N) is 2. The predicted molar refractivity (Wildman–Crippen MR) is 131 cm³/mol. The van der Waals surface area contributed by atoms with Crippen LogP contribution in [0.25, 0.3) is 27.6 Å². The summed E-state index contributed by atoms with van der Waals surface area (Å²) in [6.07, 6.45) is 4.16. The van der Waals surface area contributed by atoms with Crippen molar-refractivity contribution in [3.05, 3.63) is 83.6 Å². The molecule has 6 rings (SSSR count). The third kappa shape index (κ3) is 2.69. The van der Waals surface area contributed by atoms with E-state index < -0.39 is 0 Å². The zero-order valence-corrected chi connectivity index (χ0v) is 18.7. The molecule has 2 N–H and O–H groups in total. The molecule has 0 fully saturated rings. The molecule has 4 heteroatoms. The molecule has 0 radical (unpaired) electrons. The first kappa shape index (κ1) is 19.1. The highest BCUT2D eigenvalue weighted by Gasteiger charge is 2.36. The van der Waals surface area contributed by atoms with Gasteiger partial charge in [0, 0.05) is 39.5 Å². The maximum Gasteiger partial charge on any atom is 0.152 e. The largest absolute Gasteiger partial charge is 0.496 e. The second-order valence-corrected chi connectivity index (χ2v) is 9.24. The molecule has 32 heavy (non-hydrogen) atoms. The first-order valence-corrected chi connectivity index (χ1v) is 11.0. The fraction of sp³-hybridized carbons (Fsp3) is 0.214. The topological polar surface area (TPSA) is 46.3 Å². The molecule has 1 aromatic heterocycles. The Morgan fingerprint density at radius 1 is 0.969 bits per heavy atom. The van der Waals surface area contributed by atoms with Crippen molar-refractivity contribution in [2.24, 2.45) is 0 Å². The summed E-state index contributed by atoms with van der Waals surface area (Å²) in [5, 5.41) is 4.88. The van der Waals surface area contributed by atoms with E-state index in [1.54, 1.807) is 7.11 Å². The van der Waals surface area contributed by atoms with Crippen molar-refractivity contribution in [2.45, 2.75) is 32.4 Å². The number of anilines is 1. The molecule has 2 aliphatic rings. The van der Waals surface area contributed by atoms with Gasteiger partial charge in [-0.3, -0.25) is 0 Å². The molecule has 2 aliphatic heterocycles. The van der Waals surface area contributed by atoms with Gasteiger partial charge in [-0.15, -0.1) is 0 Å². The number of H-pyrrole nitrogens is 1. The minimum absolute atomic E-state index is 0.104. The van der Waals surface area contributed by atoms with Gasteiger partial charge in [-0.05, 0) is 56.2 Å². The van der Waals surface area contributed by atoms with Crippen LogP contribution in [0.2, 0.25) is 0 Å². The average Bonchev–Trinajstić information content (AvgIpc) is 3.20. The quantitative estimate of drug-likeness (QED) is 0.368. The second-order valence-electron chi connectivity index (χ2n) is 9.24. The zero-order chi connectivity index (χ0) is 22.0. The van der Waals surface area contributed by atoms with Crippen molar-refractivity contribution in [2.75, 3.05) is 12.4 Å². The van der Waals surface area contributed by atoms with E-state index in [2.05, 4.69) is 79.7 Å². The highest BCUT2D eigenvalue weighted by Crippen LogP contribution is 2.53. The van der Waals surface area contributed by atoms with Crippen molar-refractivity contribution in [1.29, 1.82) is 0 Å². The Balaban J connectivity index is 1.69. The van der Waals surface area contributed by atoms with Crippen LogP contribution in [-0.2, 0) is 0 Å². The van der Waals surface area contributed by atoms with Gasteiger partial charge in [0.05, 0.1) is 18.2 Å². The Morgan fingerprint density at radius 3 is 2.66 bits per heavy atom. The van der Waals surface area contributed by atoms with Crippen molar-refractivity contribution >= 4 is 22.2 Å². The Morgan fingerprint density at radius 2 is 1.81 bits per heavy atom. The summed E-state index contributed by atoms with van der Waals surface area (Å²) < 4.78 is 12.5. The monoisotopic (exact) mass is 422 g/mol. The number of ether oxygens (including phenoxy) is 2. The molecule has 1 atom stereocenters. The Labute approximate surface area is 187 Å². The first-order chi connectivity index (χ1) is 15.5. The molecule has 0 aliphatic carbocycles. The highest BCUT2D eigenvalue weighted by atomic mass is 16.5. The maximum atomic E-state index is 6.76. The summed E-state index contributed by atoms with van der Waals surface area (Å²) in [4.78, 5) is 3.43. The lowest BCUT2D eigenvalue weighted by Gasteiger charge is -2.37. The van der Waals surface area contributed by atoms with Crippen molar-refractivity contribution in [3.8, 4) is 22.6 Å². The van der Waals surface area contributed by atoms with Gasteiger partial charge in [0.1, 0.15) is 11.5 Å². The van der Waals surface area contributed by atoms with Crippen molar-refractivity contribution in [1.82, 2.24) is 4.98 Å². The summed E-state index contributed by atoms with van der Waals surface area (Å²) >= 11 is 0. The number of methoxy groups -OCH3 is 1. The van der Waals surface area contributed by atoms with Crippen LogP contribution < -0.4 is 14.8 Å². The third-order valence-electron chi connectivity index (χ3n) is 6.56. The van der Waals surface area contributed by atoms with E-state index in [1.807, 2.05) is 18.2 Å². The van der Waals surface area contributed by atoms with Gasteiger partial charge >= 0.3 is 0 Å². The minimum Gasteiger partial charge on any atom is -0.496 e. The van der Waals surface area contributed by atoms with Gasteiger partial charge in [0.15, 0.2) is 6.10 Å². The molecule has 0 bridgehead atoms. The molecule has 160 valence electrons. The molecular formula is C28H26N2O2. The van der Waals surface area contributed by atoms with Crippen LogP contribution in [0, 0.1) is 0 Å². The molecule has 3 aromatic carbocycles. The maximum absolute atomic E-state index is 6.76. The fourth-order valence-electron chi connectivity index (χ4n) is 5.40. The van der Waals surface area contributed by atoms with Gasteiger partial charge < -0.3 is 19.8 Å². The normalized spacial score (nSPS) is 18.0. The molecule has 1 unspecified atom stereocenters. The van der Waals surface area contributed by atoms with Gasteiger partial charge in [-0.2, -0.15) is 0 Å². The number of benzene rings is 3. The van der Waals surface area contributed by atoms with E-state index in [0.29, 0.717) is 0 Å². The number of rotatable bonds is 2. The first-order valence-electron chi connectivity index (χ1n) is 11.0. The summed E-state index contributed by atoms with van der Waals surface area (Å²) in [7, 11) is 1.72. The molecule has 0 saturated heterocycles. The summed E-state index contributed by atoms with van der Waals surface area (Å²) in [6, 6.07) is 18.8. The van der Waals surface area contributed by atoms with Crippen LogP contribution in [0.3, 0.4) is 0 Å². The summed E-state index contributed by atoms with van der Waals surface area (Å²) in [5.74, 6) is 1.67. The summed E-state index contributed by atoms with van der Waals surface area (Å²) in [6.45, 7) is 6.60. The Kier molecular flexibility index (Phi) is 3.97. The predicted octanol–water partition coefficient (Wildman–Crippen LogP) is 6.93. The molecule has 4 aromatic rings. The number of aromatic amines is 1. The second kappa shape index (κ2) is 6.67. The van der Waals surface area contributed by atoms with E-state index in [1.165, 1.54) is 22.1 Å². The van der Waals surface area contributed by atoms with Crippen LogP contribution in [0.4, 0.5) is 5.69 Å².